The lowest BCUT2D eigenvalue weighted by Gasteiger charge is -2.14. The molecule has 0 amide bonds. The van der Waals surface area contributed by atoms with Crippen LogP contribution in [-0.2, 0) is 0 Å². The van der Waals surface area contributed by atoms with Gasteiger partial charge in [0.2, 0.25) is 0 Å². The van der Waals surface area contributed by atoms with Gasteiger partial charge in [0.1, 0.15) is 11.3 Å². The molecule has 0 aliphatic heterocycles. The van der Waals surface area contributed by atoms with E-state index < -0.39 is 0 Å². The number of fused-ring (bicyclic) bond motifs is 1. The maximum Gasteiger partial charge on any atom is 0.336 e. The second-order valence-corrected chi connectivity index (χ2v) is 6.17. The molecule has 0 spiro atoms. The molecule has 3 nitrogen and oxygen atoms in total. The summed E-state index contributed by atoms with van der Waals surface area (Å²) in [6.07, 6.45) is 7.24. The quantitative estimate of drug-likeness (QED) is 0.626. The van der Waals surface area contributed by atoms with Crippen molar-refractivity contribution >= 4 is 16.5 Å². The van der Waals surface area contributed by atoms with Gasteiger partial charge in [0, 0.05) is 22.6 Å². The second-order valence-electron chi connectivity index (χ2n) is 6.17. The summed E-state index contributed by atoms with van der Waals surface area (Å²) in [5, 5.41) is 0.950. The Hall–Kier alpha value is -3.07. The van der Waals surface area contributed by atoms with E-state index in [-0.39, 0.29) is 5.63 Å². The Labute approximate surface area is 145 Å². The number of benzene rings is 2. The SMILES string of the molecule is COc1ccccc1-c1cc(C2=CC=CC2)cc2c(C)cc(=O)oc12. The number of para-hydroxylation sites is 1. The van der Waals surface area contributed by atoms with Crippen LogP contribution >= 0.6 is 0 Å². The van der Waals surface area contributed by atoms with Gasteiger partial charge in [0.25, 0.3) is 0 Å². The summed E-state index contributed by atoms with van der Waals surface area (Å²) in [4.78, 5) is 12.0. The lowest BCUT2D eigenvalue weighted by molar-refractivity contribution is 0.416. The normalized spacial score (nSPS) is 13.3. The summed E-state index contributed by atoms with van der Waals surface area (Å²) < 4.78 is 11.1. The number of aryl methyl sites for hydroxylation is 1. The molecule has 4 rings (SSSR count). The molecule has 2 aromatic carbocycles. The fourth-order valence-electron chi connectivity index (χ4n) is 3.33. The van der Waals surface area contributed by atoms with Crippen molar-refractivity contribution in [3.8, 4) is 16.9 Å². The molecule has 0 saturated heterocycles. The maximum atomic E-state index is 12.0. The summed E-state index contributed by atoms with van der Waals surface area (Å²) >= 11 is 0. The van der Waals surface area contributed by atoms with Gasteiger partial charge in [-0.3, -0.25) is 0 Å². The summed E-state index contributed by atoms with van der Waals surface area (Å²) in [5.74, 6) is 0.753. The van der Waals surface area contributed by atoms with E-state index in [0.29, 0.717) is 5.58 Å². The van der Waals surface area contributed by atoms with Gasteiger partial charge >= 0.3 is 5.63 Å². The minimum atomic E-state index is -0.337. The molecule has 0 atom stereocenters. The van der Waals surface area contributed by atoms with Crippen LogP contribution in [0.4, 0.5) is 0 Å². The van der Waals surface area contributed by atoms with Gasteiger partial charge in [-0.1, -0.05) is 36.4 Å². The Balaban J connectivity index is 2.09. The molecule has 0 N–H and O–H groups in total. The molecule has 3 aromatic rings. The largest absolute Gasteiger partial charge is 0.496 e. The van der Waals surface area contributed by atoms with Gasteiger partial charge in [-0.05, 0) is 48.2 Å². The van der Waals surface area contributed by atoms with E-state index in [1.807, 2.05) is 31.2 Å². The highest BCUT2D eigenvalue weighted by atomic mass is 16.5. The zero-order chi connectivity index (χ0) is 17.4. The van der Waals surface area contributed by atoms with Crippen LogP contribution in [0.15, 0.2) is 69.9 Å². The molecular weight excluding hydrogens is 312 g/mol. The third-order valence-corrected chi connectivity index (χ3v) is 4.59. The van der Waals surface area contributed by atoms with Crippen LogP contribution in [0.1, 0.15) is 17.5 Å². The van der Waals surface area contributed by atoms with Crippen molar-refractivity contribution in [1.29, 1.82) is 0 Å². The predicted molar refractivity (Wildman–Crippen MR) is 101 cm³/mol. The monoisotopic (exact) mass is 330 g/mol. The average Bonchev–Trinajstić information content (AvgIpc) is 3.15. The summed E-state index contributed by atoms with van der Waals surface area (Å²) in [7, 11) is 1.65. The van der Waals surface area contributed by atoms with Crippen LogP contribution in [0.2, 0.25) is 0 Å². The van der Waals surface area contributed by atoms with Crippen molar-refractivity contribution in [2.45, 2.75) is 13.3 Å². The van der Waals surface area contributed by atoms with Gasteiger partial charge in [-0.15, -0.1) is 0 Å². The number of methoxy groups -OCH3 is 1. The summed E-state index contributed by atoms with van der Waals surface area (Å²) in [5.41, 5.74) is 5.35. The van der Waals surface area contributed by atoms with Crippen molar-refractivity contribution in [1.82, 2.24) is 0 Å². The highest BCUT2D eigenvalue weighted by Crippen LogP contribution is 2.38. The van der Waals surface area contributed by atoms with Crippen LogP contribution in [0.5, 0.6) is 5.75 Å². The number of rotatable bonds is 3. The number of hydrogen-bond donors (Lipinski definition) is 0. The molecule has 0 unspecified atom stereocenters. The molecule has 0 saturated carbocycles. The minimum absolute atomic E-state index is 0.337. The van der Waals surface area contributed by atoms with Gasteiger partial charge in [-0.2, -0.15) is 0 Å². The first-order valence-corrected chi connectivity index (χ1v) is 8.25. The Bertz CT molecular complexity index is 1080. The first kappa shape index (κ1) is 15.5. The van der Waals surface area contributed by atoms with Crippen molar-refractivity contribution < 1.29 is 9.15 Å². The van der Waals surface area contributed by atoms with Crippen LogP contribution in [-0.4, -0.2) is 7.11 Å². The second kappa shape index (κ2) is 6.10. The lowest BCUT2D eigenvalue weighted by Crippen LogP contribution is -2.00. The fourth-order valence-corrected chi connectivity index (χ4v) is 3.33. The topological polar surface area (TPSA) is 39.4 Å². The zero-order valence-corrected chi connectivity index (χ0v) is 14.2. The molecule has 0 radical (unpaired) electrons. The standard InChI is InChI=1S/C22H18O3/c1-14-11-21(23)25-22-18(14)12-16(15-7-3-4-8-15)13-19(22)17-9-5-6-10-20(17)24-2/h3-7,9-13H,8H2,1-2H3. The smallest absolute Gasteiger partial charge is 0.336 e. The average molecular weight is 330 g/mol. The summed E-state index contributed by atoms with van der Waals surface area (Å²) in [6, 6.07) is 13.5. The Morgan fingerprint density at radius 1 is 1.08 bits per heavy atom. The molecule has 1 heterocycles. The third-order valence-electron chi connectivity index (χ3n) is 4.59. The highest BCUT2D eigenvalue weighted by molar-refractivity contribution is 5.98. The van der Waals surface area contributed by atoms with Crippen LogP contribution in [0, 0.1) is 6.92 Å². The molecule has 1 aliphatic carbocycles. The maximum absolute atomic E-state index is 12.0. The van der Waals surface area contributed by atoms with Crippen molar-refractivity contribution in [2.75, 3.05) is 7.11 Å². The van der Waals surface area contributed by atoms with Gasteiger partial charge in [-0.25, -0.2) is 4.79 Å². The zero-order valence-electron chi connectivity index (χ0n) is 14.2. The van der Waals surface area contributed by atoms with E-state index in [0.717, 1.165) is 39.8 Å². The van der Waals surface area contributed by atoms with E-state index in [2.05, 4.69) is 30.4 Å². The van der Waals surface area contributed by atoms with E-state index in [4.69, 9.17) is 9.15 Å². The van der Waals surface area contributed by atoms with Crippen LogP contribution in [0.3, 0.4) is 0 Å². The Morgan fingerprint density at radius 2 is 1.92 bits per heavy atom. The van der Waals surface area contributed by atoms with E-state index in [9.17, 15) is 4.79 Å². The summed E-state index contributed by atoms with van der Waals surface area (Å²) in [6.45, 7) is 1.94. The van der Waals surface area contributed by atoms with Gasteiger partial charge in [0.15, 0.2) is 0 Å². The molecule has 0 bridgehead atoms. The van der Waals surface area contributed by atoms with E-state index in [1.54, 1.807) is 13.2 Å². The number of hydrogen-bond acceptors (Lipinski definition) is 3. The van der Waals surface area contributed by atoms with Crippen molar-refractivity contribution in [3.05, 3.63) is 82.2 Å². The van der Waals surface area contributed by atoms with Crippen LogP contribution < -0.4 is 10.4 Å². The molecular formula is C22H18O3. The van der Waals surface area contributed by atoms with Crippen LogP contribution in [0.25, 0.3) is 27.7 Å². The Kier molecular flexibility index (Phi) is 3.77. The fraction of sp³-hybridized carbons (Fsp3) is 0.136. The van der Waals surface area contributed by atoms with Crippen molar-refractivity contribution in [2.24, 2.45) is 0 Å². The first-order chi connectivity index (χ1) is 12.2. The molecule has 0 fully saturated rings. The molecule has 124 valence electrons. The van der Waals surface area contributed by atoms with Crippen molar-refractivity contribution in [3.63, 3.8) is 0 Å². The first-order valence-electron chi connectivity index (χ1n) is 8.25. The number of ether oxygens (including phenoxy) is 1. The number of allylic oxidation sites excluding steroid dienone is 4. The minimum Gasteiger partial charge on any atom is -0.496 e. The highest BCUT2D eigenvalue weighted by Gasteiger charge is 2.16. The Morgan fingerprint density at radius 3 is 2.68 bits per heavy atom. The van der Waals surface area contributed by atoms with Gasteiger partial charge < -0.3 is 9.15 Å². The third kappa shape index (κ3) is 2.68. The molecule has 3 heteroatoms. The molecule has 1 aromatic heterocycles. The van der Waals surface area contributed by atoms with E-state index in [1.165, 1.54) is 5.57 Å². The van der Waals surface area contributed by atoms with Gasteiger partial charge in [0.05, 0.1) is 7.11 Å². The predicted octanol–water partition coefficient (Wildman–Crippen LogP) is 5.12. The van der Waals surface area contributed by atoms with E-state index >= 15 is 0 Å². The molecule has 25 heavy (non-hydrogen) atoms. The molecule has 1 aliphatic rings. The lowest BCUT2D eigenvalue weighted by atomic mass is 9.94.